The topological polar surface area (TPSA) is 75.6 Å². The summed E-state index contributed by atoms with van der Waals surface area (Å²) in [5.41, 5.74) is 1.69. The average Bonchev–Trinajstić information content (AvgIpc) is 2.65. The molecule has 0 saturated heterocycles. The molecule has 1 atom stereocenters. The van der Waals surface area contributed by atoms with Crippen molar-refractivity contribution in [2.75, 3.05) is 6.61 Å². The Balaban J connectivity index is 1.92. The van der Waals surface area contributed by atoms with Crippen molar-refractivity contribution in [2.45, 2.75) is 25.8 Å². The molecule has 0 spiro atoms. The number of rotatable bonds is 9. The smallest absolute Gasteiger partial charge is 0.326 e. The normalized spacial score (nSPS) is 11.9. The van der Waals surface area contributed by atoms with Crippen molar-refractivity contribution >= 4 is 18.0 Å². The largest absolute Gasteiger partial charge is 0.494 e. The van der Waals surface area contributed by atoms with Crippen molar-refractivity contribution in [2.24, 2.45) is 0 Å². The zero-order valence-corrected chi connectivity index (χ0v) is 14.7. The molecule has 2 aromatic carbocycles. The molecule has 2 N–H and O–H groups in total. The van der Waals surface area contributed by atoms with E-state index < -0.39 is 17.9 Å². The Morgan fingerprint density at radius 3 is 2.42 bits per heavy atom. The molecule has 0 bridgehead atoms. The van der Waals surface area contributed by atoms with Gasteiger partial charge in [-0.05, 0) is 35.8 Å². The molecular formula is C21H23NO4. The predicted molar refractivity (Wildman–Crippen MR) is 101 cm³/mol. The average molecular weight is 353 g/mol. The molecule has 136 valence electrons. The van der Waals surface area contributed by atoms with Gasteiger partial charge in [-0.25, -0.2) is 4.79 Å². The van der Waals surface area contributed by atoms with Gasteiger partial charge in [-0.2, -0.15) is 0 Å². The maximum Gasteiger partial charge on any atom is 0.326 e. The van der Waals surface area contributed by atoms with Gasteiger partial charge in [0.1, 0.15) is 11.8 Å². The van der Waals surface area contributed by atoms with Crippen LogP contribution in [0, 0.1) is 0 Å². The standard InChI is InChI=1S/C21H23NO4/c1-2-14-26-18-11-8-16(9-12-18)10-13-20(23)22-19(21(24)25)15-17-6-4-3-5-7-17/h3-13,19H,2,14-15H2,1H3,(H,22,23)(H,24,25)/b13-10+/t19-/m0/s1. The van der Waals surface area contributed by atoms with Gasteiger partial charge in [-0.15, -0.1) is 0 Å². The highest BCUT2D eigenvalue weighted by Gasteiger charge is 2.19. The predicted octanol–water partition coefficient (Wildman–Crippen LogP) is 3.30. The highest BCUT2D eigenvalue weighted by atomic mass is 16.5. The van der Waals surface area contributed by atoms with Crippen molar-refractivity contribution in [1.82, 2.24) is 5.32 Å². The molecule has 0 aliphatic carbocycles. The van der Waals surface area contributed by atoms with E-state index in [1.807, 2.05) is 61.5 Å². The van der Waals surface area contributed by atoms with Gasteiger partial charge in [-0.3, -0.25) is 4.79 Å². The molecule has 26 heavy (non-hydrogen) atoms. The second-order valence-electron chi connectivity index (χ2n) is 5.84. The Morgan fingerprint density at radius 2 is 1.81 bits per heavy atom. The second-order valence-corrected chi connectivity index (χ2v) is 5.84. The first kappa shape index (κ1) is 19.2. The van der Waals surface area contributed by atoms with Crippen LogP contribution in [0.1, 0.15) is 24.5 Å². The third-order valence-electron chi connectivity index (χ3n) is 3.68. The first-order valence-corrected chi connectivity index (χ1v) is 8.56. The van der Waals surface area contributed by atoms with Gasteiger partial charge in [0, 0.05) is 12.5 Å². The van der Waals surface area contributed by atoms with Crippen molar-refractivity contribution in [3.05, 3.63) is 71.8 Å². The van der Waals surface area contributed by atoms with Gasteiger partial charge in [0.2, 0.25) is 5.91 Å². The highest BCUT2D eigenvalue weighted by Crippen LogP contribution is 2.13. The molecule has 5 heteroatoms. The molecule has 5 nitrogen and oxygen atoms in total. The molecule has 0 radical (unpaired) electrons. The van der Waals surface area contributed by atoms with E-state index in [0.29, 0.717) is 6.61 Å². The van der Waals surface area contributed by atoms with E-state index in [9.17, 15) is 14.7 Å². The Hall–Kier alpha value is -3.08. The molecule has 0 unspecified atom stereocenters. The highest BCUT2D eigenvalue weighted by molar-refractivity contribution is 5.94. The molecule has 0 aliphatic heterocycles. The summed E-state index contributed by atoms with van der Waals surface area (Å²) in [5, 5.41) is 11.8. The number of hydrogen-bond acceptors (Lipinski definition) is 3. The van der Waals surface area contributed by atoms with Crippen LogP contribution in [0.5, 0.6) is 5.75 Å². The zero-order valence-electron chi connectivity index (χ0n) is 14.7. The summed E-state index contributed by atoms with van der Waals surface area (Å²) >= 11 is 0. The van der Waals surface area contributed by atoms with Crippen molar-refractivity contribution in [3.8, 4) is 5.75 Å². The van der Waals surface area contributed by atoms with Crippen LogP contribution >= 0.6 is 0 Å². The number of carboxylic acid groups (broad SMARTS) is 1. The number of carbonyl (C=O) groups excluding carboxylic acids is 1. The number of ether oxygens (including phenoxy) is 1. The summed E-state index contributed by atoms with van der Waals surface area (Å²) in [6, 6.07) is 15.6. The number of aliphatic carboxylic acids is 1. The number of benzene rings is 2. The lowest BCUT2D eigenvalue weighted by Gasteiger charge is -2.13. The minimum Gasteiger partial charge on any atom is -0.494 e. The van der Waals surface area contributed by atoms with Gasteiger partial charge >= 0.3 is 5.97 Å². The molecule has 2 aromatic rings. The summed E-state index contributed by atoms with van der Waals surface area (Å²) in [6.07, 6.45) is 4.15. The molecule has 0 fully saturated rings. The lowest BCUT2D eigenvalue weighted by Crippen LogP contribution is -2.41. The van der Waals surface area contributed by atoms with Crippen molar-refractivity contribution in [1.29, 1.82) is 0 Å². The fraction of sp³-hybridized carbons (Fsp3) is 0.238. The van der Waals surface area contributed by atoms with Gasteiger partial charge in [0.05, 0.1) is 6.61 Å². The summed E-state index contributed by atoms with van der Waals surface area (Å²) in [5.74, 6) is -0.727. The monoisotopic (exact) mass is 353 g/mol. The van der Waals surface area contributed by atoms with E-state index in [-0.39, 0.29) is 6.42 Å². The lowest BCUT2D eigenvalue weighted by molar-refractivity contribution is -0.141. The molecule has 2 rings (SSSR count). The summed E-state index contributed by atoms with van der Waals surface area (Å²) in [4.78, 5) is 23.4. The third-order valence-corrected chi connectivity index (χ3v) is 3.68. The molecule has 0 aliphatic rings. The maximum absolute atomic E-state index is 12.0. The van der Waals surface area contributed by atoms with Gasteiger partial charge < -0.3 is 15.2 Å². The van der Waals surface area contributed by atoms with Gasteiger partial charge in [-0.1, -0.05) is 49.4 Å². The van der Waals surface area contributed by atoms with E-state index >= 15 is 0 Å². The Labute approximate surface area is 153 Å². The van der Waals surface area contributed by atoms with E-state index in [2.05, 4.69) is 5.32 Å². The van der Waals surface area contributed by atoms with Crippen LogP contribution in [-0.4, -0.2) is 29.6 Å². The lowest BCUT2D eigenvalue weighted by atomic mass is 10.1. The fourth-order valence-electron chi connectivity index (χ4n) is 2.34. The SMILES string of the molecule is CCCOc1ccc(/C=C/C(=O)N[C@@H](Cc2ccccc2)C(=O)O)cc1. The van der Waals surface area contributed by atoms with Crippen LogP contribution in [0.25, 0.3) is 6.08 Å². The van der Waals surface area contributed by atoms with Crippen LogP contribution in [0.4, 0.5) is 0 Å². The van der Waals surface area contributed by atoms with Crippen LogP contribution in [0.15, 0.2) is 60.7 Å². The number of carbonyl (C=O) groups is 2. The van der Waals surface area contributed by atoms with Gasteiger partial charge in [0.25, 0.3) is 0 Å². The van der Waals surface area contributed by atoms with E-state index in [1.165, 1.54) is 6.08 Å². The van der Waals surface area contributed by atoms with Crippen LogP contribution in [0.2, 0.25) is 0 Å². The quantitative estimate of drug-likeness (QED) is 0.678. The van der Waals surface area contributed by atoms with E-state index in [0.717, 1.165) is 23.3 Å². The third kappa shape index (κ3) is 6.43. The summed E-state index contributed by atoms with van der Waals surface area (Å²) < 4.78 is 5.50. The molecule has 0 saturated carbocycles. The minimum atomic E-state index is -1.06. The maximum atomic E-state index is 12.0. The second kappa shape index (κ2) is 10.0. The molecule has 1 amide bonds. The summed E-state index contributed by atoms with van der Waals surface area (Å²) in [7, 11) is 0. The van der Waals surface area contributed by atoms with E-state index in [4.69, 9.17) is 4.74 Å². The van der Waals surface area contributed by atoms with Crippen LogP contribution in [0.3, 0.4) is 0 Å². The minimum absolute atomic E-state index is 0.235. The molecule has 0 aromatic heterocycles. The Morgan fingerprint density at radius 1 is 1.12 bits per heavy atom. The Bertz CT molecular complexity index is 738. The van der Waals surface area contributed by atoms with Gasteiger partial charge in [0.15, 0.2) is 0 Å². The zero-order chi connectivity index (χ0) is 18.8. The van der Waals surface area contributed by atoms with Crippen LogP contribution < -0.4 is 10.1 Å². The first-order valence-electron chi connectivity index (χ1n) is 8.56. The van der Waals surface area contributed by atoms with Crippen molar-refractivity contribution in [3.63, 3.8) is 0 Å². The van der Waals surface area contributed by atoms with Crippen molar-refractivity contribution < 1.29 is 19.4 Å². The summed E-state index contributed by atoms with van der Waals surface area (Å²) in [6.45, 7) is 2.70. The number of nitrogens with one attached hydrogen (secondary N) is 1. The number of hydrogen-bond donors (Lipinski definition) is 2. The number of amides is 1. The van der Waals surface area contributed by atoms with Crippen LogP contribution in [-0.2, 0) is 16.0 Å². The fourth-order valence-corrected chi connectivity index (χ4v) is 2.34. The Kier molecular flexibility index (Phi) is 7.43. The van der Waals surface area contributed by atoms with E-state index in [1.54, 1.807) is 6.08 Å². The first-order chi connectivity index (χ1) is 12.6. The molecule has 0 heterocycles. The number of carboxylic acids is 1. The molecular weight excluding hydrogens is 330 g/mol.